The van der Waals surface area contributed by atoms with Crippen LogP contribution in [0.25, 0.3) is 0 Å². The molecule has 0 saturated carbocycles. The molecule has 5 heteroatoms. The number of Topliss-reactive ketones (excluding diaryl/α,β-unsaturated/α-hetero) is 1. The molecule has 1 atom stereocenters. The average molecular weight is 427 g/mol. The van der Waals surface area contributed by atoms with Crippen LogP contribution in [0, 0.1) is 0 Å². The summed E-state index contributed by atoms with van der Waals surface area (Å²) in [5.74, 6) is -0.302. The second kappa shape index (κ2) is 8.68. The van der Waals surface area contributed by atoms with Crippen LogP contribution in [0.15, 0.2) is 60.7 Å². The molecule has 2 aromatic rings. The highest BCUT2D eigenvalue weighted by atomic mass is 28.3. The molecule has 1 saturated heterocycles. The van der Waals surface area contributed by atoms with Crippen molar-refractivity contribution in [3.05, 3.63) is 60.7 Å². The van der Waals surface area contributed by atoms with Crippen molar-refractivity contribution < 1.29 is 14.3 Å². The molecule has 29 heavy (non-hydrogen) atoms. The average Bonchev–Trinajstić information content (AvgIpc) is 3.12. The monoisotopic (exact) mass is 426 g/mol. The van der Waals surface area contributed by atoms with Gasteiger partial charge in [0.2, 0.25) is 0 Å². The van der Waals surface area contributed by atoms with Gasteiger partial charge in [0.25, 0.3) is 0 Å². The van der Waals surface area contributed by atoms with E-state index in [2.05, 4.69) is 74.7 Å². The van der Waals surface area contributed by atoms with Gasteiger partial charge in [0, 0.05) is 18.0 Å². The summed E-state index contributed by atoms with van der Waals surface area (Å²) >= 11 is 0. The van der Waals surface area contributed by atoms with Crippen molar-refractivity contribution in [3.8, 4) is 0 Å². The van der Waals surface area contributed by atoms with Crippen molar-refractivity contribution >= 4 is 32.3 Å². The number of benzene rings is 2. The Hall–Kier alpha value is -1.54. The number of ether oxygens (including phenoxy) is 2. The lowest BCUT2D eigenvalue weighted by atomic mass is 10.1. The zero-order valence-corrected chi connectivity index (χ0v) is 20.4. The summed E-state index contributed by atoms with van der Waals surface area (Å²) in [6.45, 7) is 12.4. The molecule has 0 radical (unpaired) electrons. The van der Waals surface area contributed by atoms with Gasteiger partial charge >= 0.3 is 0 Å². The molecule has 156 valence electrons. The van der Waals surface area contributed by atoms with Crippen LogP contribution >= 0.6 is 0 Å². The van der Waals surface area contributed by atoms with Crippen LogP contribution in [0.1, 0.15) is 13.3 Å². The van der Waals surface area contributed by atoms with E-state index in [1.807, 2.05) is 19.1 Å². The van der Waals surface area contributed by atoms with E-state index in [-0.39, 0.29) is 5.54 Å². The molecule has 3 nitrogen and oxygen atoms in total. The standard InChI is InChI=1S/C24H34O3Si2/c1-24(26-16-17-27-24)18-23(22(25)19-28(2,3)4)29(5,20-12-8-6-9-13-20)21-14-10-7-11-15-21/h6-15,23H,16-19H2,1-5H3. The zero-order valence-electron chi connectivity index (χ0n) is 18.4. The number of rotatable bonds is 8. The van der Waals surface area contributed by atoms with E-state index in [1.165, 1.54) is 10.4 Å². The van der Waals surface area contributed by atoms with Crippen LogP contribution in [0.2, 0.25) is 37.8 Å². The Morgan fingerprint density at radius 1 is 0.897 bits per heavy atom. The molecular formula is C24H34O3Si2. The summed E-state index contributed by atoms with van der Waals surface area (Å²) in [6, 6.07) is 22.0. The number of carbonyl (C=O) groups is 1. The first-order valence-electron chi connectivity index (χ1n) is 10.6. The fourth-order valence-electron chi connectivity index (χ4n) is 4.47. The van der Waals surface area contributed by atoms with E-state index in [0.717, 1.165) is 0 Å². The molecule has 0 spiro atoms. The maximum absolute atomic E-state index is 13.8. The van der Waals surface area contributed by atoms with E-state index in [0.29, 0.717) is 31.5 Å². The molecule has 3 rings (SSSR count). The Labute approximate surface area is 177 Å². The molecule has 0 amide bonds. The van der Waals surface area contributed by atoms with Crippen LogP contribution < -0.4 is 10.4 Å². The fraction of sp³-hybridized carbons (Fsp3) is 0.458. The lowest BCUT2D eigenvalue weighted by molar-refractivity contribution is -0.151. The second-order valence-corrected chi connectivity index (χ2v) is 19.5. The van der Waals surface area contributed by atoms with Crippen LogP contribution in [-0.2, 0) is 14.3 Å². The number of ketones is 1. The minimum absolute atomic E-state index is 0.0953. The van der Waals surface area contributed by atoms with Crippen molar-refractivity contribution in [2.45, 2.75) is 56.9 Å². The van der Waals surface area contributed by atoms with Gasteiger partial charge in [0.15, 0.2) is 5.79 Å². The second-order valence-electron chi connectivity index (χ2n) is 9.73. The molecule has 1 fully saturated rings. The summed E-state index contributed by atoms with van der Waals surface area (Å²) in [7, 11) is -3.95. The van der Waals surface area contributed by atoms with E-state index >= 15 is 0 Å². The van der Waals surface area contributed by atoms with E-state index in [4.69, 9.17) is 9.47 Å². The maximum Gasteiger partial charge on any atom is 0.166 e. The molecule has 1 unspecified atom stereocenters. The van der Waals surface area contributed by atoms with Gasteiger partial charge in [-0.05, 0) is 6.92 Å². The number of hydrogen-bond donors (Lipinski definition) is 0. The summed E-state index contributed by atoms with van der Waals surface area (Å²) in [4.78, 5) is 13.8. The van der Waals surface area contributed by atoms with Crippen molar-refractivity contribution in [1.82, 2.24) is 0 Å². The zero-order chi connectivity index (χ0) is 21.1. The molecule has 0 bridgehead atoms. The number of carbonyl (C=O) groups excluding carboxylic acids is 1. The van der Waals surface area contributed by atoms with Gasteiger partial charge in [0.1, 0.15) is 13.9 Å². The third-order valence-electron chi connectivity index (χ3n) is 6.01. The SMILES string of the molecule is CC1(CC(C(=O)C[Si](C)(C)C)[Si](C)(c2ccccc2)c2ccccc2)OCCO1. The first-order chi connectivity index (χ1) is 13.6. The fourth-order valence-corrected chi connectivity index (χ4v) is 10.4. The Morgan fingerprint density at radius 2 is 1.34 bits per heavy atom. The first-order valence-corrected chi connectivity index (χ1v) is 16.8. The number of hydrogen-bond acceptors (Lipinski definition) is 3. The third kappa shape index (κ3) is 5.15. The predicted octanol–water partition coefficient (Wildman–Crippen LogP) is 4.31. The van der Waals surface area contributed by atoms with Crippen molar-refractivity contribution in [1.29, 1.82) is 0 Å². The van der Waals surface area contributed by atoms with Gasteiger partial charge < -0.3 is 14.3 Å². The quantitative estimate of drug-likeness (QED) is 0.590. The smallest absolute Gasteiger partial charge is 0.166 e. The Balaban J connectivity index is 2.13. The minimum Gasteiger partial charge on any atom is -0.348 e. The minimum atomic E-state index is -2.40. The molecule has 1 aliphatic heterocycles. The van der Waals surface area contributed by atoms with Gasteiger partial charge in [-0.3, -0.25) is 0 Å². The highest BCUT2D eigenvalue weighted by Gasteiger charge is 2.49. The lowest BCUT2D eigenvalue weighted by Gasteiger charge is -2.40. The van der Waals surface area contributed by atoms with E-state index in [9.17, 15) is 4.79 Å². The van der Waals surface area contributed by atoms with Gasteiger partial charge in [-0.1, -0.05) is 97.2 Å². The van der Waals surface area contributed by atoms with E-state index < -0.39 is 21.9 Å². The van der Waals surface area contributed by atoms with Gasteiger partial charge in [-0.25, -0.2) is 0 Å². The van der Waals surface area contributed by atoms with Crippen molar-refractivity contribution in [3.63, 3.8) is 0 Å². The third-order valence-corrected chi connectivity index (χ3v) is 12.4. The molecule has 1 heterocycles. The lowest BCUT2D eigenvalue weighted by Crippen LogP contribution is -2.62. The molecule has 0 N–H and O–H groups in total. The molecule has 1 aliphatic rings. The van der Waals surface area contributed by atoms with Gasteiger partial charge in [0.05, 0.1) is 21.3 Å². The summed E-state index contributed by atoms with van der Waals surface area (Å²) in [5, 5.41) is 2.59. The molecule has 0 aromatic heterocycles. The predicted molar refractivity (Wildman–Crippen MR) is 126 cm³/mol. The molecule has 2 aromatic carbocycles. The Morgan fingerprint density at radius 3 is 1.76 bits per heavy atom. The largest absolute Gasteiger partial charge is 0.348 e. The van der Waals surface area contributed by atoms with Crippen molar-refractivity contribution in [2.75, 3.05) is 13.2 Å². The normalized spacial score (nSPS) is 17.8. The van der Waals surface area contributed by atoms with Crippen LogP contribution in [0.3, 0.4) is 0 Å². The molecule has 0 aliphatic carbocycles. The Bertz CT molecular complexity index is 770. The first kappa shape index (κ1) is 22.2. The summed E-state index contributed by atoms with van der Waals surface area (Å²) in [6.07, 6.45) is 0.614. The summed E-state index contributed by atoms with van der Waals surface area (Å²) in [5.41, 5.74) is -0.0953. The van der Waals surface area contributed by atoms with Gasteiger partial charge in [-0.15, -0.1) is 0 Å². The summed E-state index contributed by atoms with van der Waals surface area (Å²) < 4.78 is 12.0. The Kier molecular flexibility index (Phi) is 6.63. The highest BCUT2D eigenvalue weighted by Crippen LogP contribution is 2.38. The van der Waals surface area contributed by atoms with E-state index in [1.54, 1.807) is 0 Å². The van der Waals surface area contributed by atoms with Crippen LogP contribution in [0.5, 0.6) is 0 Å². The highest BCUT2D eigenvalue weighted by molar-refractivity contribution is 7.04. The van der Waals surface area contributed by atoms with Crippen molar-refractivity contribution in [2.24, 2.45) is 0 Å². The van der Waals surface area contributed by atoms with Gasteiger partial charge in [-0.2, -0.15) is 0 Å². The van der Waals surface area contributed by atoms with Crippen LogP contribution in [0.4, 0.5) is 0 Å². The molecular weight excluding hydrogens is 392 g/mol. The topological polar surface area (TPSA) is 35.5 Å². The maximum atomic E-state index is 13.8. The van der Waals surface area contributed by atoms with Crippen LogP contribution in [-0.4, -0.2) is 40.9 Å².